The summed E-state index contributed by atoms with van der Waals surface area (Å²) >= 11 is 9.28. The first-order valence-corrected chi connectivity index (χ1v) is 9.98. The lowest BCUT2D eigenvalue weighted by Gasteiger charge is -2.22. The normalized spacial score (nSPS) is 13.6. The van der Waals surface area contributed by atoms with Crippen molar-refractivity contribution >= 4 is 25.4 Å². The van der Waals surface area contributed by atoms with Gasteiger partial charge in [-0.05, 0) is 24.7 Å². The minimum atomic E-state index is 0.322. The van der Waals surface area contributed by atoms with E-state index in [9.17, 15) is 0 Å². The lowest BCUT2D eigenvalue weighted by Crippen LogP contribution is -2.23. The molecule has 0 N–H and O–H groups in total. The monoisotopic (exact) mass is 333 g/mol. The maximum atomic E-state index is 4.69. The minimum Gasteiger partial charge on any atom is -0.241 e. The summed E-state index contributed by atoms with van der Waals surface area (Å²) in [6, 6.07) is 0. The van der Waals surface area contributed by atoms with Crippen LogP contribution in [0.15, 0.2) is 0 Å². The van der Waals surface area contributed by atoms with Gasteiger partial charge >= 0.3 is 0 Å². The van der Waals surface area contributed by atoms with Crippen molar-refractivity contribution in [2.75, 3.05) is 6.54 Å². The van der Waals surface area contributed by atoms with Crippen molar-refractivity contribution in [1.82, 2.24) is 4.31 Å². The number of hydrogen-bond donors (Lipinski definition) is 2. The van der Waals surface area contributed by atoms with E-state index in [1.165, 1.54) is 57.8 Å². The van der Waals surface area contributed by atoms with Crippen LogP contribution < -0.4 is 0 Å². The van der Waals surface area contributed by atoms with Gasteiger partial charge in [0.15, 0.2) is 0 Å². The molecular formula is C18H39NS2. The summed E-state index contributed by atoms with van der Waals surface area (Å²) in [5, 5.41) is 0.322. The molecule has 21 heavy (non-hydrogen) atoms. The third-order valence-electron chi connectivity index (χ3n) is 4.01. The Labute approximate surface area is 145 Å². The van der Waals surface area contributed by atoms with Crippen LogP contribution in [0.1, 0.15) is 91.9 Å². The average molecular weight is 334 g/mol. The summed E-state index contributed by atoms with van der Waals surface area (Å²) in [6.45, 7) is 10.3. The molecule has 0 fully saturated rings. The fourth-order valence-corrected chi connectivity index (χ4v) is 3.09. The summed E-state index contributed by atoms with van der Waals surface area (Å²) in [4.78, 5) is 0. The maximum Gasteiger partial charge on any atom is 0.0624 e. The zero-order valence-corrected chi connectivity index (χ0v) is 16.6. The van der Waals surface area contributed by atoms with Gasteiger partial charge in [-0.2, -0.15) is 12.6 Å². The molecule has 1 atom stereocenters. The van der Waals surface area contributed by atoms with Crippen molar-refractivity contribution in [1.29, 1.82) is 0 Å². The van der Waals surface area contributed by atoms with Crippen LogP contribution in [0.4, 0.5) is 0 Å². The Balaban J connectivity index is 3.42. The summed E-state index contributed by atoms with van der Waals surface area (Å²) in [6.07, 6.45) is 13.2. The van der Waals surface area contributed by atoms with Crippen LogP contribution in [0.5, 0.6) is 0 Å². The van der Waals surface area contributed by atoms with E-state index in [0.717, 1.165) is 24.8 Å². The topological polar surface area (TPSA) is 3.24 Å². The average Bonchev–Trinajstić information content (AvgIpc) is 2.41. The van der Waals surface area contributed by atoms with Gasteiger partial charge in [0.1, 0.15) is 0 Å². The molecule has 1 unspecified atom stereocenters. The van der Waals surface area contributed by atoms with Gasteiger partial charge in [0, 0.05) is 6.54 Å². The molecule has 1 nitrogen and oxygen atoms in total. The molecule has 0 aliphatic heterocycles. The Morgan fingerprint density at radius 3 is 1.62 bits per heavy atom. The van der Waals surface area contributed by atoms with E-state index in [-0.39, 0.29) is 0 Å². The smallest absolute Gasteiger partial charge is 0.0624 e. The second kappa shape index (κ2) is 14.3. The van der Waals surface area contributed by atoms with Crippen LogP contribution in [0.25, 0.3) is 0 Å². The maximum absolute atomic E-state index is 4.69. The molecule has 0 amide bonds. The van der Waals surface area contributed by atoms with Crippen LogP contribution in [0.2, 0.25) is 0 Å². The van der Waals surface area contributed by atoms with Gasteiger partial charge in [0.25, 0.3) is 0 Å². The van der Waals surface area contributed by atoms with Gasteiger partial charge in [-0.25, -0.2) is 4.31 Å². The van der Waals surface area contributed by atoms with Crippen LogP contribution in [-0.2, 0) is 0 Å². The van der Waals surface area contributed by atoms with E-state index in [0.29, 0.717) is 5.37 Å². The zero-order valence-electron chi connectivity index (χ0n) is 14.9. The van der Waals surface area contributed by atoms with Gasteiger partial charge in [-0.3, -0.25) is 0 Å². The molecule has 0 heterocycles. The van der Waals surface area contributed by atoms with E-state index < -0.39 is 0 Å². The lowest BCUT2D eigenvalue weighted by atomic mass is 10.0. The molecular weight excluding hydrogens is 294 g/mol. The third kappa shape index (κ3) is 15.3. The van der Waals surface area contributed by atoms with Gasteiger partial charge < -0.3 is 0 Å². The van der Waals surface area contributed by atoms with E-state index >= 15 is 0 Å². The largest absolute Gasteiger partial charge is 0.241 e. The van der Waals surface area contributed by atoms with Crippen LogP contribution in [0, 0.1) is 11.8 Å². The minimum absolute atomic E-state index is 0.322. The highest BCUT2D eigenvalue weighted by molar-refractivity contribution is 7.83. The molecule has 0 aliphatic carbocycles. The number of thiol groups is 2. The summed E-state index contributed by atoms with van der Waals surface area (Å²) in [7, 11) is 0. The highest BCUT2D eigenvalue weighted by Gasteiger charge is 2.10. The van der Waals surface area contributed by atoms with Crippen LogP contribution >= 0.6 is 25.4 Å². The first kappa shape index (κ1) is 21.7. The molecule has 3 heteroatoms. The molecule has 0 bridgehead atoms. The van der Waals surface area contributed by atoms with E-state index in [1.54, 1.807) is 0 Å². The van der Waals surface area contributed by atoms with Crippen molar-refractivity contribution in [3.05, 3.63) is 0 Å². The molecule has 0 radical (unpaired) electrons. The van der Waals surface area contributed by atoms with Crippen LogP contribution in [0.3, 0.4) is 0 Å². The molecule has 0 rings (SSSR count). The summed E-state index contributed by atoms with van der Waals surface area (Å²) in [5.41, 5.74) is 0. The predicted molar refractivity (Wildman–Crippen MR) is 104 cm³/mol. The first-order valence-electron chi connectivity index (χ1n) is 9.07. The fraction of sp³-hybridized carbons (Fsp3) is 1.00. The predicted octanol–water partition coefficient (Wildman–Crippen LogP) is 6.60. The number of unbranched alkanes of at least 4 members (excludes halogenated alkanes) is 5. The van der Waals surface area contributed by atoms with E-state index in [2.05, 4.69) is 57.4 Å². The molecule has 0 aromatic carbocycles. The third-order valence-corrected chi connectivity index (χ3v) is 5.20. The molecule has 0 saturated heterocycles. The molecule has 0 aromatic heterocycles. The standard InChI is InChI=1S/C18H39NS2/c1-16(2)12-8-5-6-11-15-19(21)18(20)14-10-7-9-13-17(3)4/h16-18,20-21H,5-15H2,1-4H3. The van der Waals surface area contributed by atoms with Gasteiger partial charge in [0.2, 0.25) is 0 Å². The summed E-state index contributed by atoms with van der Waals surface area (Å²) in [5.74, 6) is 1.69. The second-order valence-corrected chi connectivity index (χ2v) is 8.38. The van der Waals surface area contributed by atoms with Crippen molar-refractivity contribution in [2.45, 2.75) is 97.3 Å². The molecule has 128 valence electrons. The van der Waals surface area contributed by atoms with Gasteiger partial charge in [-0.15, -0.1) is 0 Å². The Bertz CT molecular complexity index is 219. The highest BCUT2D eigenvalue weighted by Crippen LogP contribution is 2.18. The molecule has 0 spiro atoms. The quantitative estimate of drug-likeness (QED) is 0.206. The van der Waals surface area contributed by atoms with Crippen molar-refractivity contribution in [3.63, 3.8) is 0 Å². The van der Waals surface area contributed by atoms with Gasteiger partial charge in [0.05, 0.1) is 5.37 Å². The summed E-state index contributed by atoms with van der Waals surface area (Å²) < 4.78 is 2.13. The zero-order chi connectivity index (χ0) is 16.1. The number of hydrogen-bond acceptors (Lipinski definition) is 3. The van der Waals surface area contributed by atoms with Crippen molar-refractivity contribution in [2.24, 2.45) is 11.8 Å². The SMILES string of the molecule is CC(C)CCCCCCN(S)C(S)CCCCCC(C)C. The second-order valence-electron chi connectivity index (χ2n) is 7.27. The Morgan fingerprint density at radius 2 is 1.10 bits per heavy atom. The lowest BCUT2D eigenvalue weighted by molar-refractivity contribution is 0.399. The highest BCUT2D eigenvalue weighted by atomic mass is 32.1. The number of nitrogens with zero attached hydrogens (tertiary/aromatic N) is 1. The van der Waals surface area contributed by atoms with Gasteiger partial charge in [-0.1, -0.05) is 91.9 Å². The fourth-order valence-electron chi connectivity index (χ4n) is 2.53. The van der Waals surface area contributed by atoms with Crippen molar-refractivity contribution in [3.8, 4) is 0 Å². The Morgan fingerprint density at radius 1 is 0.667 bits per heavy atom. The van der Waals surface area contributed by atoms with Crippen LogP contribution in [-0.4, -0.2) is 16.2 Å². The van der Waals surface area contributed by atoms with Crippen molar-refractivity contribution < 1.29 is 0 Å². The molecule has 0 saturated carbocycles. The van der Waals surface area contributed by atoms with E-state index in [1.807, 2.05) is 0 Å². The Kier molecular flexibility index (Phi) is 14.7. The number of rotatable bonds is 14. The molecule has 0 aliphatic rings. The molecule has 0 aromatic rings. The Hall–Kier alpha value is 0.660. The first-order chi connectivity index (χ1) is 9.93. The van der Waals surface area contributed by atoms with E-state index in [4.69, 9.17) is 0 Å².